The molecule has 0 unspecified atom stereocenters. The maximum atomic E-state index is 13.3. The van der Waals surface area contributed by atoms with Gasteiger partial charge < -0.3 is 14.4 Å². The van der Waals surface area contributed by atoms with Crippen molar-refractivity contribution in [3.63, 3.8) is 0 Å². The van der Waals surface area contributed by atoms with Gasteiger partial charge in [-0.15, -0.1) is 0 Å². The number of methoxy groups -OCH3 is 1. The third kappa shape index (κ3) is 4.53. The Morgan fingerprint density at radius 2 is 1.72 bits per heavy atom. The van der Waals surface area contributed by atoms with Crippen LogP contribution in [0.1, 0.15) is 5.56 Å². The molecule has 9 heteroatoms. The van der Waals surface area contributed by atoms with Gasteiger partial charge in [-0.05, 0) is 48.9 Å². The predicted molar refractivity (Wildman–Crippen MR) is 120 cm³/mol. The minimum atomic E-state index is -3.72. The summed E-state index contributed by atoms with van der Waals surface area (Å²) in [6, 6.07) is 14.1. The van der Waals surface area contributed by atoms with Gasteiger partial charge in [-0.25, -0.2) is 8.42 Å². The summed E-state index contributed by atoms with van der Waals surface area (Å²) in [5.41, 5.74) is 1.43. The Hall–Kier alpha value is -3.17. The molecule has 0 spiro atoms. The average molecular weight is 456 g/mol. The number of sulfonamides is 1. The Labute approximate surface area is 187 Å². The van der Waals surface area contributed by atoms with Gasteiger partial charge in [0, 0.05) is 37.8 Å². The summed E-state index contributed by atoms with van der Waals surface area (Å²) in [4.78, 5) is 18.7. The van der Waals surface area contributed by atoms with E-state index in [-0.39, 0.29) is 30.5 Å². The number of piperazine rings is 1. The van der Waals surface area contributed by atoms with E-state index in [0.717, 1.165) is 10.9 Å². The number of nitrogens with zero attached hydrogens (tertiary/aromatic N) is 3. The number of rotatable bonds is 6. The highest BCUT2D eigenvalue weighted by Gasteiger charge is 2.31. The molecule has 2 heterocycles. The number of carbonyl (C=O) groups is 1. The van der Waals surface area contributed by atoms with Crippen molar-refractivity contribution in [2.75, 3.05) is 39.9 Å². The highest BCUT2D eigenvalue weighted by Crippen LogP contribution is 2.25. The molecule has 1 amide bonds. The van der Waals surface area contributed by atoms with Gasteiger partial charge in [0.05, 0.1) is 12.6 Å². The summed E-state index contributed by atoms with van der Waals surface area (Å²) in [6.45, 7) is 2.87. The first kappa shape index (κ1) is 22.0. The zero-order valence-corrected chi connectivity index (χ0v) is 18.8. The first-order chi connectivity index (χ1) is 15.4. The number of ether oxygens (including phenoxy) is 2. The molecular formula is C23H25N3O5S. The van der Waals surface area contributed by atoms with Gasteiger partial charge in [-0.3, -0.25) is 9.78 Å². The number of amides is 1. The smallest absolute Gasteiger partial charge is 0.260 e. The third-order valence-corrected chi connectivity index (χ3v) is 7.37. The van der Waals surface area contributed by atoms with Crippen LogP contribution in [0.2, 0.25) is 0 Å². The van der Waals surface area contributed by atoms with Crippen LogP contribution in [0, 0.1) is 6.92 Å². The number of pyridine rings is 1. The van der Waals surface area contributed by atoms with Crippen molar-refractivity contribution in [1.82, 2.24) is 14.2 Å². The molecule has 0 atom stereocenters. The van der Waals surface area contributed by atoms with Crippen LogP contribution in [-0.2, 0) is 14.8 Å². The molecule has 32 heavy (non-hydrogen) atoms. The summed E-state index contributed by atoms with van der Waals surface area (Å²) in [5.74, 6) is 1.09. The van der Waals surface area contributed by atoms with E-state index in [1.165, 1.54) is 4.31 Å². The van der Waals surface area contributed by atoms with Crippen LogP contribution in [0.15, 0.2) is 59.6 Å². The zero-order chi connectivity index (χ0) is 22.7. The van der Waals surface area contributed by atoms with E-state index in [2.05, 4.69) is 4.98 Å². The van der Waals surface area contributed by atoms with Gasteiger partial charge >= 0.3 is 0 Å². The Morgan fingerprint density at radius 3 is 2.41 bits per heavy atom. The molecule has 0 N–H and O–H groups in total. The summed E-state index contributed by atoms with van der Waals surface area (Å²) >= 11 is 0. The molecule has 2 aromatic carbocycles. The summed E-state index contributed by atoms with van der Waals surface area (Å²) in [6.07, 6.45) is 1.67. The van der Waals surface area contributed by atoms with Crippen LogP contribution in [0.5, 0.6) is 11.5 Å². The van der Waals surface area contributed by atoms with Gasteiger partial charge in [0.2, 0.25) is 10.0 Å². The molecule has 4 rings (SSSR count). The number of para-hydroxylation sites is 1. The van der Waals surface area contributed by atoms with E-state index in [0.29, 0.717) is 30.1 Å². The maximum absolute atomic E-state index is 13.3. The molecule has 3 aromatic rings. The number of carbonyl (C=O) groups excluding carboxylic acids is 1. The molecule has 0 saturated carbocycles. The van der Waals surface area contributed by atoms with Gasteiger partial charge in [0.25, 0.3) is 5.91 Å². The standard InChI is InChI=1S/C23H25N3O5S/c1-17-14-18-4-3-5-21(23(18)24-15-17)32(28,29)26-12-10-25(11-13-26)22(27)16-31-20-8-6-19(30-2)7-9-20/h3-9,14-15H,10-13,16H2,1-2H3. The fraction of sp³-hybridized carbons (Fsp3) is 0.304. The second-order valence-electron chi connectivity index (χ2n) is 7.59. The first-order valence-electron chi connectivity index (χ1n) is 10.3. The van der Waals surface area contributed by atoms with Crippen LogP contribution < -0.4 is 9.47 Å². The van der Waals surface area contributed by atoms with E-state index in [1.54, 1.807) is 54.6 Å². The highest BCUT2D eigenvalue weighted by molar-refractivity contribution is 7.89. The SMILES string of the molecule is COc1ccc(OCC(=O)N2CCN(S(=O)(=O)c3cccc4cc(C)cnc34)CC2)cc1. The Bertz CT molecular complexity index is 1220. The quantitative estimate of drug-likeness (QED) is 0.567. The van der Waals surface area contributed by atoms with Crippen molar-refractivity contribution < 1.29 is 22.7 Å². The van der Waals surface area contributed by atoms with Crippen LogP contribution in [0.3, 0.4) is 0 Å². The lowest BCUT2D eigenvalue weighted by Crippen LogP contribution is -2.51. The molecule has 0 bridgehead atoms. The lowest BCUT2D eigenvalue weighted by atomic mass is 10.2. The van der Waals surface area contributed by atoms with E-state index in [4.69, 9.17) is 9.47 Å². The van der Waals surface area contributed by atoms with Crippen LogP contribution in [0.25, 0.3) is 10.9 Å². The molecule has 0 radical (unpaired) electrons. The van der Waals surface area contributed by atoms with Gasteiger partial charge in [0.1, 0.15) is 16.4 Å². The largest absolute Gasteiger partial charge is 0.497 e. The summed E-state index contributed by atoms with van der Waals surface area (Å²) in [5, 5.41) is 0.788. The second-order valence-corrected chi connectivity index (χ2v) is 9.50. The molecule has 1 aromatic heterocycles. The van der Waals surface area contributed by atoms with Crippen molar-refractivity contribution in [2.24, 2.45) is 0 Å². The monoisotopic (exact) mass is 455 g/mol. The maximum Gasteiger partial charge on any atom is 0.260 e. The number of hydrogen-bond donors (Lipinski definition) is 0. The zero-order valence-electron chi connectivity index (χ0n) is 18.0. The fourth-order valence-electron chi connectivity index (χ4n) is 3.68. The molecule has 1 aliphatic heterocycles. The number of fused-ring (bicyclic) bond motifs is 1. The number of aryl methyl sites for hydroxylation is 1. The van der Waals surface area contributed by atoms with E-state index >= 15 is 0 Å². The van der Waals surface area contributed by atoms with Crippen molar-refractivity contribution >= 4 is 26.8 Å². The molecular weight excluding hydrogens is 430 g/mol. The van der Waals surface area contributed by atoms with Crippen molar-refractivity contribution in [3.8, 4) is 11.5 Å². The molecule has 8 nitrogen and oxygen atoms in total. The highest BCUT2D eigenvalue weighted by atomic mass is 32.2. The number of aromatic nitrogens is 1. The van der Waals surface area contributed by atoms with Crippen LogP contribution in [-0.4, -0.2) is 68.4 Å². The van der Waals surface area contributed by atoms with Crippen molar-refractivity contribution in [3.05, 3.63) is 60.3 Å². The number of benzene rings is 2. The lowest BCUT2D eigenvalue weighted by Gasteiger charge is -2.34. The first-order valence-corrected chi connectivity index (χ1v) is 11.7. The molecule has 168 valence electrons. The van der Waals surface area contributed by atoms with E-state index in [1.807, 2.05) is 19.1 Å². The summed E-state index contributed by atoms with van der Waals surface area (Å²) < 4.78 is 38.6. The summed E-state index contributed by atoms with van der Waals surface area (Å²) in [7, 11) is -2.14. The Kier molecular flexibility index (Phi) is 6.29. The minimum absolute atomic E-state index is 0.105. The van der Waals surface area contributed by atoms with Crippen LogP contribution >= 0.6 is 0 Å². The molecule has 1 fully saturated rings. The Balaban J connectivity index is 1.39. The van der Waals surface area contributed by atoms with Gasteiger partial charge in [-0.2, -0.15) is 4.31 Å². The van der Waals surface area contributed by atoms with Crippen LogP contribution in [0.4, 0.5) is 0 Å². The Morgan fingerprint density at radius 1 is 1.03 bits per heavy atom. The number of hydrogen-bond acceptors (Lipinski definition) is 6. The van der Waals surface area contributed by atoms with Gasteiger partial charge in [-0.1, -0.05) is 12.1 Å². The predicted octanol–water partition coefficient (Wildman–Crippen LogP) is 2.46. The molecule has 0 aliphatic carbocycles. The van der Waals surface area contributed by atoms with E-state index < -0.39 is 10.0 Å². The normalized spacial score (nSPS) is 15.0. The second kappa shape index (κ2) is 9.13. The topological polar surface area (TPSA) is 89.0 Å². The van der Waals surface area contributed by atoms with Crippen molar-refractivity contribution in [2.45, 2.75) is 11.8 Å². The molecule has 1 aliphatic rings. The fourth-order valence-corrected chi connectivity index (χ4v) is 5.26. The lowest BCUT2D eigenvalue weighted by molar-refractivity contribution is -0.134. The van der Waals surface area contributed by atoms with Gasteiger partial charge in [0.15, 0.2) is 6.61 Å². The van der Waals surface area contributed by atoms with E-state index in [9.17, 15) is 13.2 Å². The molecule has 1 saturated heterocycles. The average Bonchev–Trinajstić information content (AvgIpc) is 2.82. The minimum Gasteiger partial charge on any atom is -0.497 e. The van der Waals surface area contributed by atoms with Crippen molar-refractivity contribution in [1.29, 1.82) is 0 Å². The third-order valence-electron chi connectivity index (χ3n) is 5.44.